The van der Waals surface area contributed by atoms with Gasteiger partial charge in [-0.2, -0.15) is 10.2 Å². The lowest BCUT2D eigenvalue weighted by molar-refractivity contribution is -0.125. The van der Waals surface area contributed by atoms with Crippen LogP contribution in [0.2, 0.25) is 0 Å². The molecule has 1 aromatic heterocycles. The van der Waals surface area contributed by atoms with Gasteiger partial charge in [-0.25, -0.2) is 4.68 Å². The molecule has 1 atom stereocenters. The lowest BCUT2D eigenvalue weighted by atomic mass is 10.1. The highest BCUT2D eigenvalue weighted by molar-refractivity contribution is 5.97. The molecule has 0 fully saturated rings. The van der Waals surface area contributed by atoms with Gasteiger partial charge in [-0.3, -0.25) is 10.0 Å². The first-order chi connectivity index (χ1) is 8.66. The summed E-state index contributed by atoms with van der Waals surface area (Å²) in [6.45, 7) is 0. The molecule has 0 saturated carbocycles. The van der Waals surface area contributed by atoms with Crippen LogP contribution in [-0.2, 0) is 11.2 Å². The summed E-state index contributed by atoms with van der Waals surface area (Å²) in [5, 5.41) is 14.6. The van der Waals surface area contributed by atoms with Crippen LogP contribution in [-0.4, -0.2) is 26.9 Å². The fourth-order valence-electron chi connectivity index (χ4n) is 2.01. The maximum atomic E-state index is 11.5. The fraction of sp³-hybridized carbons (Fsp3) is 0.167. The van der Waals surface area contributed by atoms with Crippen molar-refractivity contribution in [2.45, 2.75) is 12.5 Å². The summed E-state index contributed by atoms with van der Waals surface area (Å²) in [7, 11) is 0. The summed E-state index contributed by atoms with van der Waals surface area (Å²) in [5.41, 5.74) is 7.51. The third-order valence-corrected chi connectivity index (χ3v) is 2.96. The second-order valence-electron chi connectivity index (χ2n) is 4.20. The standard InChI is InChI=1S/C12H12N4O2.ClH/c13-9-6-10-11(16(18)12(9)17)7-15(14-10)8-4-2-1-3-5-8;/h1-5,7,9,18H,6,13H2;1H/t9-;/m0./s1. The lowest BCUT2D eigenvalue weighted by Crippen LogP contribution is -2.47. The van der Waals surface area contributed by atoms with E-state index in [4.69, 9.17) is 5.73 Å². The van der Waals surface area contributed by atoms with Crippen LogP contribution in [0.3, 0.4) is 0 Å². The molecule has 0 unspecified atom stereocenters. The molecule has 3 rings (SSSR count). The molecule has 0 aliphatic carbocycles. The van der Waals surface area contributed by atoms with E-state index in [9.17, 15) is 10.0 Å². The van der Waals surface area contributed by atoms with Crippen molar-refractivity contribution in [3.05, 3.63) is 42.2 Å². The third-order valence-electron chi connectivity index (χ3n) is 2.96. The van der Waals surface area contributed by atoms with Crippen molar-refractivity contribution >= 4 is 24.0 Å². The number of rotatable bonds is 1. The summed E-state index contributed by atoms with van der Waals surface area (Å²) in [4.78, 5) is 11.5. The zero-order valence-corrected chi connectivity index (χ0v) is 10.7. The molecule has 0 bridgehead atoms. The van der Waals surface area contributed by atoms with Gasteiger partial charge in [-0.05, 0) is 12.1 Å². The maximum Gasteiger partial charge on any atom is 0.268 e. The smallest absolute Gasteiger partial charge is 0.268 e. The van der Waals surface area contributed by atoms with E-state index in [0.29, 0.717) is 22.9 Å². The number of fused-ring (bicyclic) bond motifs is 1. The average molecular weight is 281 g/mol. The Morgan fingerprint density at radius 3 is 2.68 bits per heavy atom. The molecule has 0 radical (unpaired) electrons. The number of hydrogen-bond donors (Lipinski definition) is 2. The van der Waals surface area contributed by atoms with Crippen LogP contribution in [0.4, 0.5) is 5.69 Å². The zero-order valence-electron chi connectivity index (χ0n) is 9.93. The number of amides is 1. The Balaban J connectivity index is 0.00000133. The molecular weight excluding hydrogens is 268 g/mol. The minimum atomic E-state index is -0.735. The molecule has 1 aromatic carbocycles. The Morgan fingerprint density at radius 1 is 1.32 bits per heavy atom. The molecule has 2 heterocycles. The van der Waals surface area contributed by atoms with Gasteiger partial charge in [0.05, 0.1) is 23.6 Å². The van der Waals surface area contributed by atoms with E-state index in [-0.39, 0.29) is 12.4 Å². The second-order valence-corrected chi connectivity index (χ2v) is 4.20. The van der Waals surface area contributed by atoms with Crippen molar-refractivity contribution in [3.63, 3.8) is 0 Å². The third kappa shape index (κ3) is 2.21. The predicted molar refractivity (Wildman–Crippen MR) is 71.8 cm³/mol. The van der Waals surface area contributed by atoms with Gasteiger partial charge >= 0.3 is 0 Å². The van der Waals surface area contributed by atoms with Gasteiger partial charge in [-0.15, -0.1) is 12.4 Å². The van der Waals surface area contributed by atoms with Crippen LogP contribution >= 0.6 is 12.4 Å². The van der Waals surface area contributed by atoms with Crippen LogP contribution in [0.15, 0.2) is 36.5 Å². The van der Waals surface area contributed by atoms with Crippen molar-refractivity contribution in [2.75, 3.05) is 5.06 Å². The number of carbonyl (C=O) groups excluding carboxylic acids is 1. The molecule has 1 aliphatic heterocycles. The number of halogens is 1. The van der Waals surface area contributed by atoms with E-state index in [0.717, 1.165) is 5.69 Å². The Morgan fingerprint density at radius 2 is 2.00 bits per heavy atom. The van der Waals surface area contributed by atoms with Crippen LogP contribution in [0.5, 0.6) is 0 Å². The first-order valence-electron chi connectivity index (χ1n) is 5.59. The topological polar surface area (TPSA) is 84.4 Å². The van der Waals surface area contributed by atoms with E-state index in [2.05, 4.69) is 5.10 Å². The van der Waals surface area contributed by atoms with E-state index in [1.165, 1.54) is 0 Å². The molecule has 3 N–H and O–H groups in total. The van der Waals surface area contributed by atoms with Crippen LogP contribution in [0.25, 0.3) is 5.69 Å². The second kappa shape index (κ2) is 5.00. The molecule has 19 heavy (non-hydrogen) atoms. The SMILES string of the molecule is Cl.N[C@H]1Cc2nn(-c3ccccc3)cc2N(O)C1=O. The number of para-hydroxylation sites is 1. The lowest BCUT2D eigenvalue weighted by Gasteiger charge is -2.23. The Hall–Kier alpha value is -1.89. The van der Waals surface area contributed by atoms with Crippen molar-refractivity contribution in [1.82, 2.24) is 9.78 Å². The number of anilines is 1. The largest absolute Gasteiger partial charge is 0.319 e. The quantitative estimate of drug-likeness (QED) is 0.760. The molecule has 0 spiro atoms. The minimum Gasteiger partial charge on any atom is -0.319 e. The maximum absolute atomic E-state index is 11.5. The van der Waals surface area contributed by atoms with Crippen molar-refractivity contribution in [2.24, 2.45) is 5.73 Å². The van der Waals surface area contributed by atoms with E-state index in [1.807, 2.05) is 30.3 Å². The number of nitrogens with zero attached hydrogens (tertiary/aromatic N) is 3. The summed E-state index contributed by atoms with van der Waals surface area (Å²) < 4.78 is 1.62. The van der Waals surface area contributed by atoms with Gasteiger partial charge in [0, 0.05) is 6.42 Å². The molecule has 1 amide bonds. The highest BCUT2D eigenvalue weighted by Crippen LogP contribution is 2.26. The number of hydroxylamine groups is 1. The van der Waals surface area contributed by atoms with Crippen molar-refractivity contribution < 1.29 is 10.0 Å². The normalized spacial score (nSPS) is 17.9. The molecule has 100 valence electrons. The molecular formula is C12H13ClN4O2. The van der Waals surface area contributed by atoms with Gasteiger partial charge in [-0.1, -0.05) is 18.2 Å². The molecule has 0 saturated heterocycles. The molecule has 2 aromatic rings. The summed E-state index contributed by atoms with van der Waals surface area (Å²) in [6, 6.07) is 8.74. The average Bonchev–Trinajstić information content (AvgIpc) is 2.81. The van der Waals surface area contributed by atoms with Crippen molar-refractivity contribution in [1.29, 1.82) is 0 Å². The predicted octanol–water partition coefficient (Wildman–Crippen LogP) is 0.900. The van der Waals surface area contributed by atoms with Crippen LogP contribution in [0, 0.1) is 0 Å². The van der Waals surface area contributed by atoms with Gasteiger partial charge in [0.1, 0.15) is 5.69 Å². The first kappa shape index (κ1) is 13.5. The van der Waals surface area contributed by atoms with Crippen LogP contribution in [0.1, 0.15) is 5.69 Å². The summed E-state index contributed by atoms with van der Waals surface area (Å²) >= 11 is 0. The molecule has 1 aliphatic rings. The van der Waals surface area contributed by atoms with Gasteiger partial charge < -0.3 is 5.73 Å². The Bertz CT molecular complexity index is 599. The first-order valence-corrected chi connectivity index (χ1v) is 5.59. The van der Waals surface area contributed by atoms with E-state index in [1.54, 1.807) is 10.9 Å². The van der Waals surface area contributed by atoms with E-state index >= 15 is 0 Å². The van der Waals surface area contributed by atoms with Gasteiger partial charge in [0.25, 0.3) is 5.91 Å². The fourth-order valence-corrected chi connectivity index (χ4v) is 2.01. The molecule has 6 nitrogen and oxygen atoms in total. The molecule has 7 heteroatoms. The number of carbonyl (C=O) groups is 1. The summed E-state index contributed by atoms with van der Waals surface area (Å²) in [6.07, 6.45) is 1.96. The zero-order chi connectivity index (χ0) is 12.7. The monoisotopic (exact) mass is 280 g/mol. The van der Waals surface area contributed by atoms with Crippen LogP contribution < -0.4 is 10.8 Å². The number of nitrogens with two attached hydrogens (primary N) is 1. The highest BCUT2D eigenvalue weighted by Gasteiger charge is 2.32. The van der Waals surface area contributed by atoms with E-state index < -0.39 is 11.9 Å². The Kier molecular flexibility index (Phi) is 3.57. The van der Waals surface area contributed by atoms with Gasteiger partial charge in [0.15, 0.2) is 0 Å². The van der Waals surface area contributed by atoms with Gasteiger partial charge in [0.2, 0.25) is 0 Å². The highest BCUT2D eigenvalue weighted by atomic mass is 35.5. The minimum absolute atomic E-state index is 0. The number of benzene rings is 1. The van der Waals surface area contributed by atoms with Crippen molar-refractivity contribution in [3.8, 4) is 5.69 Å². The number of aromatic nitrogens is 2. The number of hydrogen-bond acceptors (Lipinski definition) is 4. The Labute approximate surface area is 115 Å². The summed E-state index contributed by atoms with van der Waals surface area (Å²) in [5.74, 6) is -0.505.